The number of alkyl halides is 2. The fraction of sp³-hybridized carbons (Fsp3) is 0.833. The molecule has 52 valence electrons. The molecule has 0 saturated heterocycles. The molecule has 0 rings (SSSR count). The maximum Gasteiger partial charge on any atom is 0.263 e. The van der Waals surface area contributed by atoms with Crippen LogP contribution in [0, 0.1) is 17.2 Å². The van der Waals surface area contributed by atoms with Crippen LogP contribution in [0.5, 0.6) is 0 Å². The Morgan fingerprint density at radius 3 is 2.11 bits per heavy atom. The largest absolute Gasteiger partial charge is 0.263 e. The Morgan fingerprint density at radius 1 is 1.56 bits per heavy atom. The normalized spacial score (nSPS) is 11.6. The predicted molar refractivity (Wildman–Crippen MR) is 30.0 cm³/mol. The average Bonchev–Trinajstić information content (AvgIpc) is 1.65. The minimum absolute atomic E-state index is 0.676. The molecule has 0 fully saturated rings. The van der Waals surface area contributed by atoms with E-state index in [-0.39, 0.29) is 0 Å². The van der Waals surface area contributed by atoms with E-state index in [4.69, 9.17) is 5.26 Å². The lowest BCUT2D eigenvalue weighted by Gasteiger charge is -2.15. The average molecular weight is 133 g/mol. The van der Waals surface area contributed by atoms with Gasteiger partial charge in [-0.3, -0.25) is 0 Å². The molecule has 0 aliphatic rings. The number of nitrogens with zero attached hydrogens (tertiary/aromatic N) is 1. The summed E-state index contributed by atoms with van der Waals surface area (Å²) in [5.74, 6) is -3.55. The molecule has 0 amide bonds. The quantitative estimate of drug-likeness (QED) is 0.566. The Labute approximate surface area is 53.3 Å². The zero-order valence-electron chi connectivity index (χ0n) is 5.49. The van der Waals surface area contributed by atoms with E-state index >= 15 is 0 Å². The fourth-order valence-electron chi connectivity index (χ4n) is 0.310. The van der Waals surface area contributed by atoms with E-state index in [1.54, 1.807) is 0 Å². The van der Waals surface area contributed by atoms with Gasteiger partial charge in [0.2, 0.25) is 0 Å². The molecule has 3 heteroatoms. The second kappa shape index (κ2) is 2.77. The Hall–Kier alpha value is -0.650. The number of hydrogen-bond acceptors (Lipinski definition) is 1. The summed E-state index contributed by atoms with van der Waals surface area (Å²) >= 11 is 0. The van der Waals surface area contributed by atoms with Crippen molar-refractivity contribution in [3.05, 3.63) is 0 Å². The summed E-state index contributed by atoms with van der Waals surface area (Å²) in [6.07, 6.45) is -0.676. The highest BCUT2D eigenvalue weighted by atomic mass is 19.3. The van der Waals surface area contributed by atoms with Crippen molar-refractivity contribution in [2.24, 2.45) is 5.92 Å². The molecule has 0 radical (unpaired) electrons. The molecular weight excluding hydrogens is 124 g/mol. The summed E-state index contributed by atoms with van der Waals surface area (Å²) in [7, 11) is 0. The molecule has 0 atom stereocenters. The van der Waals surface area contributed by atoms with Gasteiger partial charge in [-0.25, -0.2) is 8.78 Å². The van der Waals surface area contributed by atoms with Gasteiger partial charge in [0, 0.05) is 5.92 Å². The summed E-state index contributed by atoms with van der Waals surface area (Å²) in [5, 5.41) is 7.92. The van der Waals surface area contributed by atoms with Crippen LogP contribution in [-0.2, 0) is 0 Å². The molecule has 1 nitrogen and oxygen atoms in total. The Morgan fingerprint density at radius 2 is 2.00 bits per heavy atom. The molecule has 0 heterocycles. The smallest absolute Gasteiger partial charge is 0.205 e. The first-order valence-electron chi connectivity index (χ1n) is 2.75. The van der Waals surface area contributed by atoms with Gasteiger partial charge >= 0.3 is 0 Å². The van der Waals surface area contributed by atoms with Gasteiger partial charge in [0.1, 0.15) is 0 Å². The van der Waals surface area contributed by atoms with E-state index in [2.05, 4.69) is 0 Å². The van der Waals surface area contributed by atoms with Gasteiger partial charge in [-0.15, -0.1) is 0 Å². The minimum atomic E-state index is -2.81. The third-order valence-corrected chi connectivity index (χ3v) is 1.16. The Balaban J connectivity index is 3.89. The van der Waals surface area contributed by atoms with Crippen molar-refractivity contribution in [2.75, 3.05) is 0 Å². The van der Waals surface area contributed by atoms with Gasteiger partial charge in [0.05, 0.1) is 12.5 Å². The van der Waals surface area contributed by atoms with Gasteiger partial charge in [-0.05, 0) is 0 Å². The first-order valence-corrected chi connectivity index (χ1v) is 2.75. The second-order valence-corrected chi connectivity index (χ2v) is 2.25. The van der Waals surface area contributed by atoms with E-state index < -0.39 is 18.3 Å². The highest BCUT2D eigenvalue weighted by Gasteiger charge is 2.32. The van der Waals surface area contributed by atoms with Gasteiger partial charge in [-0.1, -0.05) is 13.8 Å². The van der Waals surface area contributed by atoms with E-state index in [1.165, 1.54) is 19.9 Å². The van der Waals surface area contributed by atoms with Crippen LogP contribution in [0.1, 0.15) is 20.3 Å². The van der Waals surface area contributed by atoms with Crippen molar-refractivity contribution in [3.8, 4) is 6.07 Å². The van der Waals surface area contributed by atoms with E-state index in [0.717, 1.165) is 0 Å². The molecule has 9 heavy (non-hydrogen) atoms. The number of hydrogen-bond donors (Lipinski definition) is 0. The monoisotopic (exact) mass is 133 g/mol. The van der Waals surface area contributed by atoms with Crippen LogP contribution in [-0.4, -0.2) is 5.92 Å². The molecule has 0 saturated carbocycles. The van der Waals surface area contributed by atoms with Crippen molar-refractivity contribution < 1.29 is 8.78 Å². The van der Waals surface area contributed by atoms with Crippen molar-refractivity contribution in [2.45, 2.75) is 26.2 Å². The number of nitriles is 1. The lowest BCUT2D eigenvalue weighted by Crippen LogP contribution is -2.22. The summed E-state index contributed by atoms with van der Waals surface area (Å²) in [6.45, 7) is 2.80. The molecule has 0 bridgehead atoms. The molecule has 0 aromatic heterocycles. The third kappa shape index (κ3) is 2.41. The van der Waals surface area contributed by atoms with Gasteiger partial charge < -0.3 is 0 Å². The first-order chi connectivity index (χ1) is 4.00. The predicted octanol–water partition coefficient (Wildman–Crippen LogP) is 2.19. The molecule has 0 unspecified atom stereocenters. The fourth-order valence-corrected chi connectivity index (χ4v) is 0.310. The van der Waals surface area contributed by atoms with Crippen LogP contribution < -0.4 is 0 Å². The molecule has 0 N–H and O–H groups in total. The van der Waals surface area contributed by atoms with Crippen LogP contribution >= 0.6 is 0 Å². The summed E-state index contributed by atoms with van der Waals surface area (Å²) in [5.41, 5.74) is 0. The molecule has 0 aromatic carbocycles. The summed E-state index contributed by atoms with van der Waals surface area (Å²) < 4.78 is 24.6. The van der Waals surface area contributed by atoms with Crippen molar-refractivity contribution in [1.29, 1.82) is 5.26 Å². The zero-order chi connectivity index (χ0) is 7.49. The topological polar surface area (TPSA) is 23.8 Å². The highest BCUT2D eigenvalue weighted by molar-refractivity contribution is 4.83. The van der Waals surface area contributed by atoms with Gasteiger partial charge in [0.25, 0.3) is 5.92 Å². The summed E-state index contributed by atoms with van der Waals surface area (Å²) in [4.78, 5) is 0. The second-order valence-electron chi connectivity index (χ2n) is 2.25. The van der Waals surface area contributed by atoms with Crippen LogP contribution in [0.25, 0.3) is 0 Å². The van der Waals surface area contributed by atoms with E-state index in [9.17, 15) is 8.78 Å². The van der Waals surface area contributed by atoms with Crippen LogP contribution in [0.3, 0.4) is 0 Å². The van der Waals surface area contributed by atoms with Crippen LogP contribution in [0.15, 0.2) is 0 Å². The van der Waals surface area contributed by atoms with E-state index in [1.807, 2.05) is 0 Å². The Kier molecular flexibility index (Phi) is 2.57. The molecule has 0 spiro atoms. The van der Waals surface area contributed by atoms with Gasteiger partial charge in [0.15, 0.2) is 0 Å². The molecule has 0 aliphatic heterocycles. The minimum Gasteiger partial charge on any atom is -0.205 e. The maximum absolute atomic E-state index is 12.3. The van der Waals surface area contributed by atoms with E-state index in [0.29, 0.717) is 0 Å². The lowest BCUT2D eigenvalue weighted by molar-refractivity contribution is -0.0397. The highest BCUT2D eigenvalue weighted by Crippen LogP contribution is 2.26. The lowest BCUT2D eigenvalue weighted by atomic mass is 10.0. The van der Waals surface area contributed by atoms with Crippen molar-refractivity contribution in [3.63, 3.8) is 0 Å². The Bertz CT molecular complexity index is 124. The van der Waals surface area contributed by atoms with Gasteiger partial charge in [-0.2, -0.15) is 5.26 Å². The standard InChI is InChI=1S/C6H9F2N/c1-5(2)6(7,8)3-4-9/h5H,3H2,1-2H3. The summed E-state index contributed by atoms with van der Waals surface area (Å²) in [6, 6.07) is 1.44. The maximum atomic E-state index is 12.3. The zero-order valence-corrected chi connectivity index (χ0v) is 5.49. The van der Waals surface area contributed by atoms with Crippen LogP contribution in [0.4, 0.5) is 8.78 Å². The molecule has 0 aromatic rings. The first kappa shape index (κ1) is 8.35. The molecule has 0 aliphatic carbocycles. The number of halogens is 2. The molecular formula is C6H9F2N. The van der Waals surface area contributed by atoms with Crippen molar-refractivity contribution in [1.82, 2.24) is 0 Å². The van der Waals surface area contributed by atoms with Crippen molar-refractivity contribution >= 4 is 0 Å². The van der Waals surface area contributed by atoms with Crippen LogP contribution in [0.2, 0.25) is 0 Å². The number of rotatable bonds is 2. The third-order valence-electron chi connectivity index (χ3n) is 1.16. The SMILES string of the molecule is CC(C)C(F)(F)CC#N.